The molecule has 7 aromatic carbocycles. The van der Waals surface area contributed by atoms with Gasteiger partial charge in [-0.3, -0.25) is 0 Å². The topological polar surface area (TPSA) is 27.2 Å². The van der Waals surface area contributed by atoms with E-state index in [0.29, 0.717) is 22.5 Å². The molecule has 0 N–H and O–H groups in total. The van der Waals surface area contributed by atoms with E-state index in [-0.39, 0.29) is 22.3 Å². The van der Waals surface area contributed by atoms with E-state index in [1.165, 1.54) is 124 Å². The van der Waals surface area contributed by atoms with Gasteiger partial charge in [0.25, 0.3) is 0 Å². The van der Waals surface area contributed by atoms with Gasteiger partial charge in [-0.15, -0.1) is 0 Å². The lowest BCUT2D eigenvalue weighted by Gasteiger charge is -2.10. The van der Waals surface area contributed by atoms with Crippen molar-refractivity contribution < 1.29 is 52.5 Å². The highest BCUT2D eigenvalue weighted by atomic mass is 14.9. The Kier molecular flexibility index (Phi) is 23.4. The Labute approximate surface area is 695 Å². The molecule has 0 amide bonds. The minimum atomic E-state index is -2.51. The van der Waals surface area contributed by atoms with Gasteiger partial charge >= 0.3 is 0 Å². The maximum atomic E-state index is 7.83. The zero-order valence-electron chi connectivity index (χ0n) is 85.4. The van der Waals surface area contributed by atoms with Gasteiger partial charge in [-0.05, 0) is 290 Å². The molecule has 0 unspecified atom stereocenters. The summed E-state index contributed by atoms with van der Waals surface area (Å²) in [6.45, 7) is 22.2. The highest BCUT2D eigenvalue weighted by molar-refractivity contribution is 5.71. The molecule has 0 fully saturated rings. The summed E-state index contributed by atoms with van der Waals surface area (Å²) in [6.07, 6.45) is 13.9. The molecule has 0 aliphatic heterocycles. The van der Waals surface area contributed by atoms with Gasteiger partial charge in [-0.25, -0.2) is 32.0 Å². The number of aryl methyl sites for hydroxylation is 24. The Bertz CT molecular complexity index is 6140. The molecule has 14 rings (SSSR count). The number of benzene rings is 7. The second kappa shape index (κ2) is 39.5. The average molecular weight is 1500 g/mol. The smallest absolute Gasteiger partial charge is 0.201 e. The number of pyridine rings is 7. The summed E-state index contributed by atoms with van der Waals surface area (Å²) < 4.78 is 129. The quantitative estimate of drug-likeness (QED) is 0.142. The zero-order valence-corrected chi connectivity index (χ0v) is 70.4. The summed E-state index contributed by atoms with van der Waals surface area (Å²) in [7, 11) is 13.9. The SMILES string of the molecule is Cc1ccc(-c2c(C)ccc[n+]2C)c(C)c1.Cc1ccc(C)c(-c2c(C)ccc[n+]2C)c1.Cc1ccc(C)c(-c2cccc[n+]2C)c1C.Cc1cccc(-c2c(C)ccc[n+]2C)c1C.[2H]C([2H])([2H])c1ccc(-c2c(C([2H])([2H])[2H])ccc[n+]2C)c(C)c1.[2H]C([2H])([2H])c1ccc(C)c(-c2cccc[n+]2C)c1C([2H])([2H])[2H].[2H]C([2H])([2H])c1ccc[n+](C)c1-c1cccc(C)c1C. The van der Waals surface area contributed by atoms with E-state index >= 15 is 0 Å². The second-order valence-corrected chi connectivity index (χ2v) is 29.6. The Hall–Kier alpha value is -11.4. The van der Waals surface area contributed by atoms with Crippen LogP contribution in [0, 0.1) is 145 Å². The summed E-state index contributed by atoms with van der Waals surface area (Å²) in [4.78, 5) is 0. The first-order chi connectivity index (χ1) is 59.3. The molecule has 0 aliphatic carbocycles. The van der Waals surface area contributed by atoms with Crippen molar-refractivity contribution in [2.24, 2.45) is 49.3 Å². The van der Waals surface area contributed by atoms with Crippen molar-refractivity contribution in [3.63, 3.8) is 0 Å². The van der Waals surface area contributed by atoms with Gasteiger partial charge in [-0.2, -0.15) is 0 Å². The van der Waals surface area contributed by atoms with Gasteiger partial charge in [0.05, 0.1) is 11.1 Å². The van der Waals surface area contributed by atoms with E-state index in [1.807, 2.05) is 55.9 Å². The third-order valence-electron chi connectivity index (χ3n) is 21.0. The van der Waals surface area contributed by atoms with Crippen LogP contribution in [0.15, 0.2) is 256 Å². The molecular weight excluding hydrogens is 1360 g/mol. The lowest BCUT2D eigenvalue weighted by molar-refractivity contribution is -0.660. The van der Waals surface area contributed by atoms with Crippen molar-refractivity contribution in [2.75, 3.05) is 0 Å². The molecule has 7 aromatic heterocycles. The highest BCUT2D eigenvalue weighted by Crippen LogP contribution is 2.32. The first kappa shape index (κ1) is 66.4. The normalized spacial score (nSPS) is 13.0. The fraction of sp³-hybridized carbons (Fsp3) is 0.267. The molecule has 0 saturated heterocycles. The van der Waals surface area contributed by atoms with Crippen LogP contribution in [0.4, 0.5) is 0 Å². The van der Waals surface area contributed by atoms with E-state index in [9.17, 15) is 0 Å². The van der Waals surface area contributed by atoms with Crippen LogP contribution < -0.4 is 32.0 Å². The fourth-order valence-corrected chi connectivity index (χ4v) is 14.3. The summed E-state index contributed by atoms with van der Waals surface area (Å²) in [5, 5.41) is 0. The molecule has 7 nitrogen and oxygen atoms in total. The molecule has 574 valence electrons. The summed E-state index contributed by atoms with van der Waals surface area (Å²) in [5.41, 5.74) is 35.2. The van der Waals surface area contributed by atoms with Crippen molar-refractivity contribution in [1.82, 2.24) is 0 Å². The maximum absolute atomic E-state index is 7.83. The second-order valence-electron chi connectivity index (χ2n) is 29.6. The van der Waals surface area contributed by atoms with Crippen LogP contribution in [-0.4, -0.2) is 0 Å². The van der Waals surface area contributed by atoms with Gasteiger partial charge in [0.15, 0.2) is 43.4 Å². The van der Waals surface area contributed by atoms with E-state index in [1.54, 1.807) is 104 Å². The van der Waals surface area contributed by atoms with Gasteiger partial charge in [0, 0.05) is 131 Å². The first-order valence-corrected chi connectivity index (χ1v) is 38.1. The molecular formula is C105H126N7+7. The maximum Gasteiger partial charge on any atom is 0.215 e. The van der Waals surface area contributed by atoms with E-state index in [2.05, 4.69) is 276 Å². The largest absolute Gasteiger partial charge is 0.215 e. The van der Waals surface area contributed by atoms with Crippen LogP contribution in [0.2, 0.25) is 0 Å². The third kappa shape index (κ3) is 21.4. The van der Waals surface area contributed by atoms with Crippen molar-refractivity contribution in [1.29, 1.82) is 0 Å². The molecule has 7 heteroatoms. The number of aromatic nitrogens is 7. The van der Waals surface area contributed by atoms with Crippen LogP contribution in [0.1, 0.15) is 137 Å². The zero-order chi connectivity index (χ0) is 94.4. The van der Waals surface area contributed by atoms with Crippen LogP contribution in [0.5, 0.6) is 0 Å². The summed E-state index contributed by atoms with van der Waals surface area (Å²) >= 11 is 0. The lowest BCUT2D eigenvalue weighted by Crippen LogP contribution is -2.31. The van der Waals surface area contributed by atoms with Crippen molar-refractivity contribution in [3.8, 4) is 78.8 Å². The van der Waals surface area contributed by atoms with Gasteiger partial charge in [0.1, 0.15) is 49.3 Å². The number of nitrogens with zero attached hydrogens (tertiary/aromatic N) is 7. The molecule has 112 heavy (non-hydrogen) atoms. The van der Waals surface area contributed by atoms with Crippen LogP contribution in [0.3, 0.4) is 0 Å². The standard InChI is InChI=1S/7C15H18N/c2*1-11-7-5-9-14(13(11)3)15-12(2)8-6-10-16(15)4;1-11-7-8-12(2)14(10-11)15-13(3)6-5-9-16(15)4;2*1-11-7-8-14(13(3)10-11)15-12(2)6-5-9-16(15)4;2*1-11-8-9-12(2)15(13(11)3)14-7-5-6-10-16(14)4/h7*5-10H,1-4H3/q7*+1/i2D3;;;1D3,2D3;;1D3,3D3;. The minimum absolute atomic E-state index is 0.0886. The van der Waals surface area contributed by atoms with Crippen LogP contribution >= 0.6 is 0 Å². The number of rotatable bonds is 7. The predicted octanol–water partition coefficient (Wildman–Crippen LogP) is 21.7. The van der Waals surface area contributed by atoms with Gasteiger partial charge in [0.2, 0.25) is 39.9 Å². The van der Waals surface area contributed by atoms with E-state index < -0.39 is 34.3 Å². The van der Waals surface area contributed by atoms with Crippen LogP contribution in [0.25, 0.3) is 78.8 Å². The Morgan fingerprint density at radius 1 is 0.188 bits per heavy atom. The third-order valence-corrected chi connectivity index (χ3v) is 21.0. The Balaban J connectivity index is 0.000000184. The van der Waals surface area contributed by atoms with Crippen molar-refractivity contribution in [2.45, 2.75) is 145 Å². The fourth-order valence-electron chi connectivity index (χ4n) is 14.3. The highest BCUT2D eigenvalue weighted by Gasteiger charge is 2.22. The molecule has 14 aromatic rings. The van der Waals surface area contributed by atoms with E-state index in [4.69, 9.17) is 20.6 Å². The van der Waals surface area contributed by atoms with Crippen LogP contribution in [-0.2, 0) is 49.3 Å². The lowest BCUT2D eigenvalue weighted by atomic mass is 9.95. The van der Waals surface area contributed by atoms with Gasteiger partial charge in [-0.1, -0.05) is 102 Å². The molecule has 0 spiro atoms. The Morgan fingerprint density at radius 2 is 0.509 bits per heavy atom. The number of hydrogen-bond donors (Lipinski definition) is 0. The summed E-state index contributed by atoms with van der Waals surface area (Å²) in [5.74, 6) is 0. The Morgan fingerprint density at radius 3 is 0.929 bits per heavy atom. The number of hydrogen-bond acceptors (Lipinski definition) is 0. The average Bonchev–Trinajstić information content (AvgIpc) is 0.748. The van der Waals surface area contributed by atoms with E-state index in [0.717, 1.165) is 39.1 Å². The molecule has 0 aliphatic rings. The monoisotopic (exact) mass is 1500 g/mol. The molecule has 0 radical (unpaired) electrons. The first-order valence-electron chi connectivity index (χ1n) is 45.6. The molecule has 0 bridgehead atoms. The van der Waals surface area contributed by atoms with Crippen molar-refractivity contribution in [3.05, 3.63) is 373 Å². The molecule has 0 saturated carbocycles. The summed E-state index contributed by atoms with van der Waals surface area (Å²) in [6, 6.07) is 69.2. The predicted molar refractivity (Wildman–Crippen MR) is 471 cm³/mol. The molecule has 7 heterocycles. The van der Waals surface area contributed by atoms with Gasteiger partial charge < -0.3 is 0 Å². The molecule has 0 atom stereocenters. The van der Waals surface area contributed by atoms with Crippen molar-refractivity contribution >= 4 is 0 Å². The minimum Gasteiger partial charge on any atom is -0.201 e.